The molecule has 1 aromatic heterocycles. The number of pyridine rings is 1. The molecule has 2 aliphatic heterocycles. The first-order chi connectivity index (χ1) is 13.3. The van der Waals surface area contributed by atoms with Crippen molar-refractivity contribution in [2.24, 2.45) is 4.99 Å². The van der Waals surface area contributed by atoms with Gasteiger partial charge in [-0.05, 0) is 30.3 Å². The minimum atomic E-state index is -0.177. The molecule has 3 heterocycles. The van der Waals surface area contributed by atoms with E-state index < -0.39 is 0 Å². The highest BCUT2D eigenvalue weighted by Crippen LogP contribution is 2.36. The summed E-state index contributed by atoms with van der Waals surface area (Å²) in [5, 5.41) is 4.39. The number of carbonyl (C=O) groups is 1. The lowest BCUT2D eigenvalue weighted by molar-refractivity contribution is 0.0979. The van der Waals surface area contributed by atoms with Crippen molar-refractivity contribution in [3.63, 3.8) is 0 Å². The number of aliphatic imine (C=N–C) groups is 1. The summed E-state index contributed by atoms with van der Waals surface area (Å²) >= 11 is 1.56. The Morgan fingerprint density at radius 3 is 2.85 bits per heavy atom. The average molecular weight is 377 g/mol. The maximum absolute atomic E-state index is 12.9. The summed E-state index contributed by atoms with van der Waals surface area (Å²) < 4.78 is 10.8. The summed E-state index contributed by atoms with van der Waals surface area (Å²) in [6.07, 6.45) is 0. The third-order valence-corrected chi connectivity index (χ3v) is 5.33. The van der Waals surface area contributed by atoms with E-state index in [2.05, 4.69) is 10.3 Å². The third kappa shape index (κ3) is 3.00. The Hall–Kier alpha value is -3.06. The van der Waals surface area contributed by atoms with Crippen LogP contribution in [-0.2, 0) is 0 Å². The van der Waals surface area contributed by atoms with Crippen LogP contribution in [0.1, 0.15) is 10.4 Å². The number of benzene rings is 2. The minimum absolute atomic E-state index is 0.177. The van der Waals surface area contributed by atoms with Crippen LogP contribution in [0.5, 0.6) is 11.5 Å². The Balaban J connectivity index is 1.60. The van der Waals surface area contributed by atoms with E-state index in [4.69, 9.17) is 14.5 Å². The highest BCUT2D eigenvalue weighted by Gasteiger charge is 2.19. The molecule has 3 aromatic rings. The van der Waals surface area contributed by atoms with Crippen LogP contribution in [0.2, 0.25) is 0 Å². The summed E-state index contributed by atoms with van der Waals surface area (Å²) in [5.41, 5.74) is 2.91. The van der Waals surface area contributed by atoms with Crippen molar-refractivity contribution < 1.29 is 14.3 Å². The van der Waals surface area contributed by atoms with Crippen LogP contribution in [0.25, 0.3) is 22.2 Å². The SMILES string of the molecule is O=C(NC1=NCCS1)c1cc(-c2ccc3c(c2)OCO3)nc2ccccc12. The molecule has 7 heteroatoms. The molecule has 0 spiro atoms. The van der Waals surface area contributed by atoms with Crippen molar-refractivity contribution in [1.82, 2.24) is 10.3 Å². The lowest BCUT2D eigenvalue weighted by Crippen LogP contribution is -2.27. The Kier molecular flexibility index (Phi) is 3.94. The monoisotopic (exact) mass is 377 g/mol. The number of amidine groups is 1. The van der Waals surface area contributed by atoms with Crippen molar-refractivity contribution in [2.75, 3.05) is 19.1 Å². The molecule has 2 aromatic carbocycles. The van der Waals surface area contributed by atoms with Crippen LogP contribution in [0.3, 0.4) is 0 Å². The number of aromatic nitrogens is 1. The molecular weight excluding hydrogens is 362 g/mol. The van der Waals surface area contributed by atoms with Crippen LogP contribution < -0.4 is 14.8 Å². The van der Waals surface area contributed by atoms with Crippen molar-refractivity contribution in [1.29, 1.82) is 0 Å². The Bertz CT molecular complexity index is 1100. The summed E-state index contributed by atoms with van der Waals surface area (Å²) in [7, 11) is 0. The molecule has 27 heavy (non-hydrogen) atoms. The van der Waals surface area contributed by atoms with Crippen molar-refractivity contribution in [2.45, 2.75) is 0 Å². The second-order valence-electron chi connectivity index (χ2n) is 6.13. The van der Waals surface area contributed by atoms with Gasteiger partial charge in [0.15, 0.2) is 16.7 Å². The predicted octanol–water partition coefficient (Wildman–Crippen LogP) is 3.46. The molecule has 0 unspecified atom stereocenters. The molecule has 0 fully saturated rings. The normalized spacial score (nSPS) is 15.0. The van der Waals surface area contributed by atoms with Gasteiger partial charge in [-0.15, -0.1) is 0 Å². The minimum Gasteiger partial charge on any atom is -0.454 e. The van der Waals surface area contributed by atoms with Crippen LogP contribution in [0, 0.1) is 0 Å². The van der Waals surface area contributed by atoms with Gasteiger partial charge in [0, 0.05) is 16.7 Å². The van der Waals surface area contributed by atoms with Gasteiger partial charge in [0.05, 0.1) is 23.3 Å². The maximum Gasteiger partial charge on any atom is 0.257 e. The highest BCUT2D eigenvalue weighted by molar-refractivity contribution is 8.14. The fourth-order valence-corrected chi connectivity index (χ4v) is 3.87. The standard InChI is InChI=1S/C20H15N3O3S/c24-19(23-20-21-7-8-27-20)14-10-16(22-15-4-2-1-3-13(14)15)12-5-6-17-18(9-12)26-11-25-17/h1-6,9-10H,7-8,11H2,(H,21,23,24). The average Bonchev–Trinajstić information content (AvgIpc) is 3.38. The lowest BCUT2D eigenvalue weighted by Gasteiger charge is -2.10. The van der Waals surface area contributed by atoms with E-state index in [1.54, 1.807) is 11.8 Å². The molecule has 0 bridgehead atoms. The van der Waals surface area contributed by atoms with E-state index in [1.807, 2.05) is 48.5 Å². The van der Waals surface area contributed by atoms with Crippen molar-refractivity contribution in [3.8, 4) is 22.8 Å². The van der Waals surface area contributed by atoms with E-state index in [-0.39, 0.29) is 12.7 Å². The molecule has 0 aliphatic carbocycles. The van der Waals surface area contributed by atoms with Gasteiger partial charge in [-0.2, -0.15) is 0 Å². The summed E-state index contributed by atoms with van der Waals surface area (Å²) in [6.45, 7) is 0.956. The quantitative estimate of drug-likeness (QED) is 0.740. The summed E-state index contributed by atoms with van der Waals surface area (Å²) in [5.74, 6) is 2.12. The van der Waals surface area contributed by atoms with E-state index in [9.17, 15) is 4.79 Å². The largest absolute Gasteiger partial charge is 0.454 e. The van der Waals surface area contributed by atoms with Crippen molar-refractivity contribution >= 4 is 33.7 Å². The number of nitrogens with one attached hydrogen (secondary N) is 1. The van der Waals surface area contributed by atoms with Gasteiger partial charge in [0.2, 0.25) is 6.79 Å². The van der Waals surface area contributed by atoms with E-state index in [1.165, 1.54) is 0 Å². The second kappa shape index (κ2) is 6.59. The van der Waals surface area contributed by atoms with Gasteiger partial charge < -0.3 is 14.8 Å². The first kappa shape index (κ1) is 16.1. The van der Waals surface area contributed by atoms with E-state index in [0.29, 0.717) is 27.9 Å². The molecule has 5 rings (SSSR count). The fraction of sp³-hybridized carbons (Fsp3) is 0.150. The fourth-order valence-electron chi connectivity index (χ4n) is 3.14. The number of rotatable bonds is 2. The Labute approximate surface area is 159 Å². The van der Waals surface area contributed by atoms with E-state index in [0.717, 1.165) is 28.8 Å². The molecule has 0 radical (unpaired) electrons. The number of thioether (sulfide) groups is 1. The Morgan fingerprint density at radius 2 is 1.96 bits per heavy atom. The number of hydrogen-bond donors (Lipinski definition) is 1. The zero-order chi connectivity index (χ0) is 18.2. The van der Waals surface area contributed by atoms with Crippen LogP contribution in [0.4, 0.5) is 0 Å². The molecule has 134 valence electrons. The molecular formula is C20H15N3O3S. The molecule has 6 nitrogen and oxygen atoms in total. The molecule has 2 aliphatic rings. The molecule has 0 saturated carbocycles. The molecule has 0 atom stereocenters. The highest BCUT2D eigenvalue weighted by atomic mass is 32.2. The van der Waals surface area contributed by atoms with Gasteiger partial charge in [-0.1, -0.05) is 30.0 Å². The lowest BCUT2D eigenvalue weighted by atomic mass is 10.0. The second-order valence-corrected chi connectivity index (χ2v) is 7.21. The van der Waals surface area contributed by atoms with Gasteiger partial charge in [-0.25, -0.2) is 4.98 Å². The van der Waals surface area contributed by atoms with Crippen molar-refractivity contribution in [3.05, 3.63) is 54.1 Å². The first-order valence-corrected chi connectivity index (χ1v) is 9.55. The topological polar surface area (TPSA) is 72.8 Å². The molecule has 0 saturated heterocycles. The van der Waals surface area contributed by atoms with Crippen LogP contribution in [0.15, 0.2) is 53.5 Å². The number of carbonyl (C=O) groups excluding carboxylic acids is 1. The zero-order valence-electron chi connectivity index (χ0n) is 14.3. The van der Waals surface area contributed by atoms with Gasteiger partial charge >= 0.3 is 0 Å². The number of nitrogens with zero attached hydrogens (tertiary/aromatic N) is 2. The van der Waals surface area contributed by atoms with Gasteiger partial charge in [-0.3, -0.25) is 9.79 Å². The van der Waals surface area contributed by atoms with Crippen LogP contribution >= 0.6 is 11.8 Å². The molecule has 1 amide bonds. The predicted molar refractivity (Wildman–Crippen MR) is 106 cm³/mol. The van der Waals surface area contributed by atoms with Gasteiger partial charge in [0.25, 0.3) is 5.91 Å². The smallest absolute Gasteiger partial charge is 0.257 e. The van der Waals surface area contributed by atoms with Gasteiger partial charge in [0.1, 0.15) is 0 Å². The summed E-state index contributed by atoms with van der Waals surface area (Å²) in [4.78, 5) is 21.9. The number of ether oxygens (including phenoxy) is 2. The number of amides is 1. The third-order valence-electron chi connectivity index (χ3n) is 4.44. The summed E-state index contributed by atoms with van der Waals surface area (Å²) in [6, 6.07) is 15.1. The zero-order valence-corrected chi connectivity index (χ0v) is 15.1. The number of fused-ring (bicyclic) bond motifs is 2. The first-order valence-electron chi connectivity index (χ1n) is 8.56. The Morgan fingerprint density at radius 1 is 1.07 bits per heavy atom. The molecule has 1 N–H and O–H groups in total. The number of hydrogen-bond acceptors (Lipinski definition) is 6. The van der Waals surface area contributed by atoms with E-state index >= 15 is 0 Å². The maximum atomic E-state index is 12.9. The number of para-hydroxylation sites is 1. The van der Waals surface area contributed by atoms with Crippen LogP contribution in [-0.4, -0.2) is 35.1 Å².